The molecule has 1 aromatic heterocycles. The van der Waals surface area contributed by atoms with Crippen molar-refractivity contribution in [1.29, 1.82) is 0 Å². The van der Waals surface area contributed by atoms with Crippen molar-refractivity contribution in [2.45, 2.75) is 19.4 Å². The molecule has 3 heteroatoms. The summed E-state index contributed by atoms with van der Waals surface area (Å²) in [5, 5.41) is 1.35. The van der Waals surface area contributed by atoms with E-state index in [1.165, 1.54) is 27.7 Å². The molecule has 0 fully saturated rings. The molecular formula is C20H22N2O. The quantitative estimate of drug-likeness (QED) is 0.797. The summed E-state index contributed by atoms with van der Waals surface area (Å²) < 4.78 is 5.95. The average Bonchev–Trinajstić information content (AvgIpc) is 2.83. The largest absolute Gasteiger partial charge is 0.489 e. The number of likely N-dealkylation sites (N-methyl/N-ethyl adjacent to an activating group) is 1. The Morgan fingerprint density at radius 3 is 2.74 bits per heavy atom. The Balaban J connectivity index is 1.57. The van der Waals surface area contributed by atoms with Crippen LogP contribution in [-0.2, 0) is 19.4 Å². The monoisotopic (exact) mass is 306 g/mol. The van der Waals surface area contributed by atoms with Gasteiger partial charge in [0.2, 0.25) is 0 Å². The first-order valence-corrected chi connectivity index (χ1v) is 8.28. The number of hydrogen-bond donors (Lipinski definition) is 1. The van der Waals surface area contributed by atoms with Crippen LogP contribution in [0.1, 0.15) is 16.8 Å². The van der Waals surface area contributed by atoms with Gasteiger partial charge in [-0.2, -0.15) is 0 Å². The zero-order chi connectivity index (χ0) is 15.6. The molecule has 0 radical (unpaired) electrons. The van der Waals surface area contributed by atoms with Crippen molar-refractivity contribution in [3.05, 3.63) is 65.4 Å². The average molecular weight is 306 g/mol. The van der Waals surface area contributed by atoms with Crippen LogP contribution in [0.15, 0.2) is 48.5 Å². The zero-order valence-electron chi connectivity index (χ0n) is 13.5. The van der Waals surface area contributed by atoms with E-state index in [0.717, 1.165) is 31.7 Å². The van der Waals surface area contributed by atoms with E-state index >= 15 is 0 Å². The molecule has 1 aliphatic rings. The summed E-state index contributed by atoms with van der Waals surface area (Å²) in [6.07, 6.45) is 2.22. The third-order valence-electron chi connectivity index (χ3n) is 4.70. The van der Waals surface area contributed by atoms with Crippen molar-refractivity contribution >= 4 is 10.9 Å². The highest BCUT2D eigenvalue weighted by atomic mass is 16.5. The van der Waals surface area contributed by atoms with Crippen molar-refractivity contribution in [1.82, 2.24) is 9.88 Å². The molecule has 3 nitrogen and oxygen atoms in total. The number of H-pyrrole nitrogens is 1. The highest BCUT2D eigenvalue weighted by Gasteiger charge is 2.16. The molecule has 0 aliphatic carbocycles. The van der Waals surface area contributed by atoms with Crippen LogP contribution >= 0.6 is 0 Å². The number of aromatic amines is 1. The molecule has 23 heavy (non-hydrogen) atoms. The Morgan fingerprint density at radius 2 is 1.87 bits per heavy atom. The lowest BCUT2D eigenvalue weighted by Crippen LogP contribution is -2.21. The fourth-order valence-corrected chi connectivity index (χ4v) is 3.34. The van der Waals surface area contributed by atoms with Crippen LogP contribution in [0.3, 0.4) is 0 Å². The summed E-state index contributed by atoms with van der Waals surface area (Å²) in [6.45, 7) is 2.86. The van der Waals surface area contributed by atoms with E-state index in [-0.39, 0.29) is 0 Å². The molecule has 0 atom stereocenters. The van der Waals surface area contributed by atoms with E-state index in [1.54, 1.807) is 0 Å². The van der Waals surface area contributed by atoms with E-state index in [4.69, 9.17) is 4.74 Å². The van der Waals surface area contributed by atoms with E-state index in [9.17, 15) is 0 Å². The number of aromatic nitrogens is 1. The predicted octanol–water partition coefficient (Wildman–Crippen LogP) is 3.78. The van der Waals surface area contributed by atoms with Crippen molar-refractivity contribution in [3.8, 4) is 5.75 Å². The summed E-state index contributed by atoms with van der Waals surface area (Å²) in [6, 6.07) is 16.7. The lowest BCUT2D eigenvalue weighted by atomic mass is 10.1. The van der Waals surface area contributed by atoms with E-state index in [2.05, 4.69) is 47.3 Å². The van der Waals surface area contributed by atoms with E-state index in [0.29, 0.717) is 6.61 Å². The minimum absolute atomic E-state index is 0.609. The van der Waals surface area contributed by atoms with Gasteiger partial charge >= 0.3 is 0 Å². The van der Waals surface area contributed by atoms with Crippen molar-refractivity contribution in [3.63, 3.8) is 0 Å². The molecule has 1 aliphatic heterocycles. The number of nitrogens with zero attached hydrogens (tertiary/aromatic N) is 1. The maximum absolute atomic E-state index is 5.95. The van der Waals surface area contributed by atoms with E-state index in [1.807, 2.05) is 18.2 Å². The number of hydrogen-bond acceptors (Lipinski definition) is 2. The van der Waals surface area contributed by atoms with Gasteiger partial charge in [-0.05, 0) is 36.7 Å². The molecule has 2 heterocycles. The molecule has 3 aromatic rings. The maximum atomic E-state index is 5.95. The van der Waals surface area contributed by atoms with Crippen molar-refractivity contribution < 1.29 is 4.74 Å². The van der Waals surface area contributed by atoms with Gasteiger partial charge in [0.15, 0.2) is 0 Å². The Bertz CT molecular complexity index is 807. The molecule has 118 valence electrons. The molecule has 2 aromatic carbocycles. The van der Waals surface area contributed by atoms with Crippen LogP contribution in [-0.4, -0.2) is 30.0 Å². The highest BCUT2D eigenvalue weighted by Crippen LogP contribution is 2.28. The number of fused-ring (bicyclic) bond motifs is 3. The van der Waals surface area contributed by atoms with E-state index < -0.39 is 0 Å². The first kappa shape index (κ1) is 14.3. The van der Waals surface area contributed by atoms with Gasteiger partial charge in [-0.1, -0.05) is 30.3 Å². The Labute approximate surface area is 136 Å². The van der Waals surface area contributed by atoms with Gasteiger partial charge in [-0.15, -0.1) is 0 Å². The van der Waals surface area contributed by atoms with Crippen molar-refractivity contribution in [2.24, 2.45) is 0 Å². The highest BCUT2D eigenvalue weighted by molar-refractivity contribution is 5.86. The van der Waals surface area contributed by atoms with Crippen LogP contribution < -0.4 is 4.74 Å². The summed E-state index contributed by atoms with van der Waals surface area (Å²) in [7, 11) is 2.20. The lowest BCUT2D eigenvalue weighted by molar-refractivity contribution is 0.306. The molecule has 0 spiro atoms. The first-order chi connectivity index (χ1) is 11.3. The molecule has 0 saturated heterocycles. The topological polar surface area (TPSA) is 28.3 Å². The minimum Gasteiger partial charge on any atom is -0.489 e. The third kappa shape index (κ3) is 2.97. The molecule has 0 saturated carbocycles. The first-order valence-electron chi connectivity index (χ1n) is 8.28. The van der Waals surface area contributed by atoms with Gasteiger partial charge in [-0.25, -0.2) is 0 Å². The number of nitrogens with one attached hydrogen (secondary N) is 1. The number of benzene rings is 2. The fraction of sp³-hybridized carbons (Fsp3) is 0.300. The number of rotatable bonds is 3. The maximum Gasteiger partial charge on any atom is 0.121 e. The van der Waals surface area contributed by atoms with Gasteiger partial charge in [0.25, 0.3) is 0 Å². The SMILES string of the molecule is CN1CCc2[nH]c3cc(OCc4ccccc4)ccc3c2CC1. The Morgan fingerprint density at radius 1 is 1.04 bits per heavy atom. The molecule has 0 amide bonds. The van der Waals surface area contributed by atoms with Crippen LogP contribution in [0, 0.1) is 0 Å². The summed E-state index contributed by atoms with van der Waals surface area (Å²) in [4.78, 5) is 6.01. The van der Waals surface area contributed by atoms with Crippen LogP contribution in [0.25, 0.3) is 10.9 Å². The van der Waals surface area contributed by atoms with Gasteiger partial charge in [0, 0.05) is 42.2 Å². The second-order valence-electron chi connectivity index (χ2n) is 6.37. The molecule has 0 unspecified atom stereocenters. The standard InChI is InChI=1S/C20H22N2O/c1-22-11-9-18-17-8-7-16(13-20(17)21-19(18)10-12-22)23-14-15-5-3-2-4-6-15/h2-8,13,21H,9-12,14H2,1H3. The minimum atomic E-state index is 0.609. The van der Waals surface area contributed by atoms with Gasteiger partial charge in [0.1, 0.15) is 12.4 Å². The molecule has 1 N–H and O–H groups in total. The van der Waals surface area contributed by atoms with Crippen molar-refractivity contribution in [2.75, 3.05) is 20.1 Å². The normalized spacial score (nSPS) is 15.3. The lowest BCUT2D eigenvalue weighted by Gasteiger charge is -2.11. The van der Waals surface area contributed by atoms with Gasteiger partial charge in [0.05, 0.1) is 0 Å². The molecule has 4 rings (SSSR count). The van der Waals surface area contributed by atoms with Gasteiger partial charge < -0.3 is 14.6 Å². The Kier molecular flexibility index (Phi) is 3.80. The zero-order valence-corrected chi connectivity index (χ0v) is 13.5. The number of ether oxygens (including phenoxy) is 1. The fourth-order valence-electron chi connectivity index (χ4n) is 3.34. The predicted molar refractivity (Wildman–Crippen MR) is 94.0 cm³/mol. The van der Waals surface area contributed by atoms with Gasteiger partial charge in [-0.3, -0.25) is 0 Å². The molecular weight excluding hydrogens is 284 g/mol. The van der Waals surface area contributed by atoms with Crippen LogP contribution in [0.4, 0.5) is 0 Å². The second-order valence-corrected chi connectivity index (χ2v) is 6.37. The molecule has 0 bridgehead atoms. The third-order valence-corrected chi connectivity index (χ3v) is 4.70. The second kappa shape index (κ2) is 6.09. The summed E-state index contributed by atoms with van der Waals surface area (Å²) >= 11 is 0. The summed E-state index contributed by atoms with van der Waals surface area (Å²) in [5.41, 5.74) is 5.27. The Hall–Kier alpha value is -2.26. The summed E-state index contributed by atoms with van der Waals surface area (Å²) in [5.74, 6) is 0.926. The van der Waals surface area contributed by atoms with Crippen LogP contribution in [0.5, 0.6) is 5.75 Å². The smallest absolute Gasteiger partial charge is 0.121 e. The van der Waals surface area contributed by atoms with Crippen LogP contribution in [0.2, 0.25) is 0 Å².